The molecule has 0 aliphatic carbocycles. The minimum atomic E-state index is -0.834. The Bertz CT molecular complexity index is 596. The van der Waals surface area contributed by atoms with Crippen LogP contribution in [-0.2, 0) is 17.3 Å². The van der Waals surface area contributed by atoms with Gasteiger partial charge in [-0.3, -0.25) is 4.21 Å². The molecule has 7 heteroatoms. The highest BCUT2D eigenvalue weighted by molar-refractivity contribution is 7.84. The van der Waals surface area contributed by atoms with Gasteiger partial charge >= 0.3 is 0 Å². The lowest BCUT2D eigenvalue weighted by atomic mass is 10.1. The molecule has 102 valence electrons. The summed E-state index contributed by atoms with van der Waals surface area (Å²) in [5, 5.41) is 11.6. The number of rotatable bonds is 5. The lowest BCUT2D eigenvalue weighted by Crippen LogP contribution is -2.12. The van der Waals surface area contributed by atoms with Gasteiger partial charge < -0.3 is 5.73 Å². The zero-order valence-corrected chi connectivity index (χ0v) is 11.9. The second-order valence-electron chi connectivity index (χ2n) is 4.25. The second-order valence-corrected chi connectivity index (χ2v) is 6.11. The normalized spacial score (nSPS) is 12.5. The average Bonchev–Trinajstić information content (AvgIpc) is 2.87. The van der Waals surface area contributed by atoms with Crippen molar-refractivity contribution in [2.24, 2.45) is 0 Å². The van der Waals surface area contributed by atoms with E-state index in [1.165, 1.54) is 0 Å². The monoisotopic (exact) mass is 279 g/mol. The molecule has 0 fully saturated rings. The van der Waals surface area contributed by atoms with Crippen molar-refractivity contribution in [1.29, 1.82) is 0 Å². The van der Waals surface area contributed by atoms with Gasteiger partial charge in [-0.1, -0.05) is 18.6 Å². The van der Waals surface area contributed by atoms with Gasteiger partial charge in [-0.2, -0.15) is 0 Å². The zero-order chi connectivity index (χ0) is 13.8. The van der Waals surface area contributed by atoms with Crippen molar-refractivity contribution in [3.63, 3.8) is 0 Å². The quantitative estimate of drug-likeness (QED) is 0.825. The Morgan fingerprint density at radius 3 is 2.95 bits per heavy atom. The largest absolute Gasteiger partial charge is 0.398 e. The zero-order valence-electron chi connectivity index (χ0n) is 11.0. The topological polar surface area (TPSA) is 86.7 Å². The van der Waals surface area contributed by atoms with Crippen LogP contribution in [0.5, 0.6) is 0 Å². The molecule has 19 heavy (non-hydrogen) atoms. The number of nitrogens with two attached hydrogens (primary N) is 1. The summed E-state index contributed by atoms with van der Waals surface area (Å²) in [7, 11) is -0.834. The number of tetrazole rings is 1. The fraction of sp³-hybridized carbons (Fsp3) is 0.417. The maximum Gasteiger partial charge on any atom is 0.184 e. The maximum absolute atomic E-state index is 11.5. The minimum absolute atomic E-state index is 0.524. The molecular weight excluding hydrogens is 262 g/mol. The summed E-state index contributed by atoms with van der Waals surface area (Å²) in [5.41, 5.74) is 8.51. The summed E-state index contributed by atoms with van der Waals surface area (Å²) in [6.45, 7) is 4.41. The molecule has 1 aromatic carbocycles. The molecule has 0 bridgehead atoms. The van der Waals surface area contributed by atoms with Crippen LogP contribution in [-0.4, -0.2) is 35.9 Å². The van der Waals surface area contributed by atoms with Crippen molar-refractivity contribution in [2.45, 2.75) is 20.4 Å². The van der Waals surface area contributed by atoms with E-state index in [4.69, 9.17) is 5.73 Å². The maximum atomic E-state index is 11.5. The van der Waals surface area contributed by atoms with Crippen LogP contribution in [0.3, 0.4) is 0 Å². The summed E-state index contributed by atoms with van der Waals surface area (Å²) < 4.78 is 13.1. The number of aromatic nitrogens is 4. The molecule has 0 radical (unpaired) electrons. The van der Waals surface area contributed by atoms with Gasteiger partial charge in [0.05, 0.1) is 6.54 Å². The van der Waals surface area contributed by atoms with E-state index in [9.17, 15) is 4.21 Å². The van der Waals surface area contributed by atoms with Gasteiger partial charge in [-0.05, 0) is 29.5 Å². The van der Waals surface area contributed by atoms with E-state index >= 15 is 0 Å². The van der Waals surface area contributed by atoms with E-state index in [-0.39, 0.29) is 0 Å². The molecule has 0 saturated carbocycles. The minimum Gasteiger partial charge on any atom is -0.398 e. The standard InChI is InChI=1S/C12H17N5OS/c1-3-19(18)7-6-17-12(14-15-16-17)10-8-9(2)4-5-11(10)13/h4-5,8H,3,6-7,13H2,1-2H3. The fourth-order valence-electron chi connectivity index (χ4n) is 1.74. The van der Waals surface area contributed by atoms with E-state index in [0.29, 0.717) is 29.6 Å². The van der Waals surface area contributed by atoms with E-state index in [1.54, 1.807) is 4.68 Å². The van der Waals surface area contributed by atoms with Gasteiger partial charge in [0.25, 0.3) is 0 Å². The van der Waals surface area contributed by atoms with E-state index in [0.717, 1.165) is 11.1 Å². The van der Waals surface area contributed by atoms with Gasteiger partial charge in [0.15, 0.2) is 5.82 Å². The number of hydrogen-bond acceptors (Lipinski definition) is 5. The number of nitrogen functional groups attached to an aromatic ring is 1. The first-order valence-electron chi connectivity index (χ1n) is 6.09. The predicted octanol–water partition coefficient (Wildman–Crippen LogP) is 0.999. The van der Waals surface area contributed by atoms with E-state index in [1.807, 2.05) is 32.0 Å². The van der Waals surface area contributed by atoms with Crippen molar-refractivity contribution in [3.8, 4) is 11.4 Å². The van der Waals surface area contributed by atoms with Gasteiger partial charge in [-0.25, -0.2) is 4.68 Å². The van der Waals surface area contributed by atoms with Gasteiger partial charge in [0.2, 0.25) is 0 Å². The Hall–Kier alpha value is -1.76. The van der Waals surface area contributed by atoms with Crippen LogP contribution >= 0.6 is 0 Å². The molecule has 6 nitrogen and oxygen atoms in total. The third-order valence-corrected chi connectivity index (χ3v) is 4.12. The van der Waals surface area contributed by atoms with Crippen LogP contribution in [0.1, 0.15) is 12.5 Å². The Balaban J connectivity index is 2.28. The van der Waals surface area contributed by atoms with Crippen LogP contribution in [0, 0.1) is 6.92 Å². The number of aryl methyl sites for hydroxylation is 2. The van der Waals surface area contributed by atoms with Crippen LogP contribution in [0.2, 0.25) is 0 Å². The van der Waals surface area contributed by atoms with Crippen molar-refractivity contribution in [2.75, 3.05) is 17.2 Å². The lowest BCUT2D eigenvalue weighted by molar-refractivity contribution is 0.624. The predicted molar refractivity (Wildman–Crippen MR) is 76.0 cm³/mol. The molecule has 2 aromatic rings. The number of benzene rings is 1. The molecule has 0 saturated heterocycles. The van der Waals surface area contributed by atoms with Gasteiger partial charge in [0.1, 0.15) is 0 Å². The Morgan fingerprint density at radius 1 is 1.42 bits per heavy atom. The molecule has 1 atom stereocenters. The third kappa shape index (κ3) is 3.17. The van der Waals surface area contributed by atoms with Crippen molar-refractivity contribution in [3.05, 3.63) is 23.8 Å². The van der Waals surface area contributed by atoms with E-state index in [2.05, 4.69) is 15.5 Å². The summed E-state index contributed by atoms with van der Waals surface area (Å²) in [6, 6.07) is 5.74. The molecule has 0 amide bonds. The van der Waals surface area contributed by atoms with Crippen molar-refractivity contribution < 1.29 is 4.21 Å². The average molecular weight is 279 g/mol. The van der Waals surface area contributed by atoms with Crippen molar-refractivity contribution in [1.82, 2.24) is 20.2 Å². The summed E-state index contributed by atoms with van der Waals surface area (Å²) in [4.78, 5) is 0. The lowest BCUT2D eigenvalue weighted by Gasteiger charge is -2.07. The molecular formula is C12H17N5OS. The Kier molecular flexibility index (Phi) is 4.26. The molecule has 1 heterocycles. The van der Waals surface area contributed by atoms with Crippen LogP contribution in [0.15, 0.2) is 18.2 Å². The first kappa shape index (κ1) is 13.7. The highest BCUT2D eigenvalue weighted by atomic mass is 32.2. The number of anilines is 1. The van der Waals surface area contributed by atoms with Crippen LogP contribution < -0.4 is 5.73 Å². The molecule has 0 spiro atoms. The molecule has 0 aliphatic heterocycles. The van der Waals surface area contributed by atoms with Gasteiger partial charge in [-0.15, -0.1) is 5.10 Å². The van der Waals surface area contributed by atoms with Crippen LogP contribution in [0.25, 0.3) is 11.4 Å². The first-order valence-corrected chi connectivity index (χ1v) is 7.58. The second kappa shape index (κ2) is 5.92. The molecule has 2 rings (SSSR count). The summed E-state index contributed by atoms with van der Waals surface area (Å²) in [5.74, 6) is 1.80. The van der Waals surface area contributed by atoms with Crippen molar-refractivity contribution >= 4 is 16.5 Å². The summed E-state index contributed by atoms with van der Waals surface area (Å²) >= 11 is 0. The highest BCUT2D eigenvalue weighted by Crippen LogP contribution is 2.24. The Morgan fingerprint density at radius 2 is 2.21 bits per heavy atom. The Labute approximate surface area is 114 Å². The molecule has 2 N–H and O–H groups in total. The number of nitrogens with zero attached hydrogens (tertiary/aromatic N) is 4. The SMILES string of the molecule is CCS(=O)CCn1nnnc1-c1cc(C)ccc1N. The molecule has 1 aromatic heterocycles. The van der Waals surface area contributed by atoms with Gasteiger partial charge in [0, 0.05) is 33.6 Å². The fourth-order valence-corrected chi connectivity index (χ4v) is 2.41. The highest BCUT2D eigenvalue weighted by Gasteiger charge is 2.12. The summed E-state index contributed by atoms with van der Waals surface area (Å²) in [6.07, 6.45) is 0. The third-order valence-electron chi connectivity index (χ3n) is 2.83. The van der Waals surface area contributed by atoms with E-state index < -0.39 is 10.8 Å². The molecule has 0 aliphatic rings. The molecule has 1 unspecified atom stereocenters. The first-order chi connectivity index (χ1) is 9.11. The smallest absolute Gasteiger partial charge is 0.184 e. The number of hydrogen-bond donors (Lipinski definition) is 1. The van der Waals surface area contributed by atoms with Crippen LogP contribution in [0.4, 0.5) is 5.69 Å².